The molecule has 0 amide bonds. The molecule has 0 atom stereocenters. The number of ether oxygens (including phenoxy) is 2. The van der Waals surface area contributed by atoms with Crippen LogP contribution in [0.25, 0.3) is 11.3 Å². The lowest BCUT2D eigenvalue weighted by molar-refractivity contribution is -0.137. The van der Waals surface area contributed by atoms with Gasteiger partial charge in [0, 0.05) is 23.0 Å². The van der Waals surface area contributed by atoms with E-state index < -0.39 is 40.7 Å². The van der Waals surface area contributed by atoms with Crippen molar-refractivity contribution in [2.75, 3.05) is 6.61 Å². The molecule has 0 spiro atoms. The first-order chi connectivity index (χ1) is 15.9. The molecule has 0 aliphatic heterocycles. The summed E-state index contributed by atoms with van der Waals surface area (Å²) in [6.45, 7) is 5.49. The van der Waals surface area contributed by atoms with Gasteiger partial charge in [0.1, 0.15) is 11.3 Å². The maximum absolute atomic E-state index is 14.0. The number of aromatic amines is 1. The minimum atomic E-state index is -4.77. The number of nitrogens with zero attached hydrogens (tertiary/aromatic N) is 1. The first-order valence-corrected chi connectivity index (χ1v) is 9.97. The normalized spacial score (nSPS) is 11.4. The monoisotopic (exact) mass is 482 g/mol. The highest BCUT2D eigenvalue weighted by molar-refractivity contribution is 5.91. The number of nitrogens with one attached hydrogen (secondary N) is 1. The van der Waals surface area contributed by atoms with Gasteiger partial charge in [0.25, 0.3) is 0 Å². The number of hydrogen-bond donors (Lipinski definition) is 1. The maximum Gasteiger partial charge on any atom is 0.417 e. The summed E-state index contributed by atoms with van der Waals surface area (Å²) in [5.74, 6) is -3.79. The van der Waals surface area contributed by atoms with E-state index in [1.54, 1.807) is 6.92 Å². The van der Waals surface area contributed by atoms with Crippen LogP contribution in [-0.2, 0) is 10.9 Å². The van der Waals surface area contributed by atoms with E-state index in [1.165, 1.54) is 20.8 Å². The van der Waals surface area contributed by atoms with Crippen molar-refractivity contribution in [1.29, 1.82) is 0 Å². The van der Waals surface area contributed by atoms with Crippen LogP contribution in [0.1, 0.15) is 39.7 Å². The Hall–Kier alpha value is -3.76. The molecule has 1 N–H and O–H groups in total. The molecule has 3 rings (SSSR count). The van der Waals surface area contributed by atoms with Gasteiger partial charge in [0.2, 0.25) is 5.88 Å². The number of rotatable bonds is 5. The summed E-state index contributed by atoms with van der Waals surface area (Å²) in [4.78, 5) is 31.6. The average molecular weight is 482 g/mol. The average Bonchev–Trinajstić information content (AvgIpc) is 2.76. The molecule has 1 aromatic carbocycles. The summed E-state index contributed by atoms with van der Waals surface area (Å²) in [7, 11) is 0. The van der Waals surface area contributed by atoms with Gasteiger partial charge < -0.3 is 14.5 Å². The van der Waals surface area contributed by atoms with Crippen molar-refractivity contribution in [2.24, 2.45) is 0 Å². The van der Waals surface area contributed by atoms with Crippen LogP contribution in [0.5, 0.6) is 11.6 Å². The third-order valence-corrected chi connectivity index (χ3v) is 5.05. The predicted molar refractivity (Wildman–Crippen MR) is 112 cm³/mol. The van der Waals surface area contributed by atoms with Gasteiger partial charge in [-0.25, -0.2) is 18.6 Å². The van der Waals surface area contributed by atoms with E-state index in [9.17, 15) is 31.5 Å². The van der Waals surface area contributed by atoms with Crippen LogP contribution < -0.4 is 10.2 Å². The quantitative estimate of drug-likeness (QED) is 0.377. The Morgan fingerprint density at radius 1 is 1.12 bits per heavy atom. The van der Waals surface area contributed by atoms with Crippen LogP contribution in [0.15, 0.2) is 29.2 Å². The summed E-state index contributed by atoms with van der Waals surface area (Å²) in [6.07, 6.45) is -4.26. The predicted octanol–water partition coefficient (Wildman–Crippen LogP) is 5.63. The third kappa shape index (κ3) is 4.63. The first kappa shape index (κ1) is 24.9. The fourth-order valence-corrected chi connectivity index (χ4v) is 3.25. The number of carbonyl (C=O) groups is 1. The number of H-pyrrole nitrogens is 1. The van der Waals surface area contributed by atoms with E-state index in [2.05, 4.69) is 9.97 Å². The summed E-state index contributed by atoms with van der Waals surface area (Å²) >= 11 is 0. The number of esters is 1. The molecule has 11 heteroatoms. The van der Waals surface area contributed by atoms with Gasteiger partial charge >= 0.3 is 12.1 Å². The molecule has 0 unspecified atom stereocenters. The van der Waals surface area contributed by atoms with Gasteiger partial charge in [-0.3, -0.25) is 4.79 Å². The Morgan fingerprint density at radius 3 is 2.41 bits per heavy atom. The standard InChI is InChI=1S/C23H19F5N2O4/c1-5-33-22(32)17-12(4)30-19(11(3)20(17)31)14-8-13(23(26,27)28)9-29-21(14)34-16-7-6-15(24)18(25)10(16)2/h6-9H,5H2,1-4H3,(H,30,31). The van der Waals surface area contributed by atoms with Crippen LogP contribution in [0.4, 0.5) is 22.0 Å². The Labute approximate surface area is 190 Å². The minimum Gasteiger partial charge on any atom is -0.462 e. The number of benzene rings is 1. The molecular weight excluding hydrogens is 463 g/mol. The van der Waals surface area contributed by atoms with Crippen molar-refractivity contribution in [3.05, 3.63) is 74.2 Å². The summed E-state index contributed by atoms with van der Waals surface area (Å²) < 4.78 is 78.1. The number of hydrogen-bond acceptors (Lipinski definition) is 5. The van der Waals surface area contributed by atoms with E-state index in [0.29, 0.717) is 12.3 Å². The number of aryl methyl sites for hydroxylation is 1. The van der Waals surface area contributed by atoms with Crippen LogP contribution in [0.2, 0.25) is 0 Å². The molecule has 0 bridgehead atoms. The van der Waals surface area contributed by atoms with Crippen LogP contribution in [0, 0.1) is 32.4 Å². The van der Waals surface area contributed by atoms with Crippen molar-refractivity contribution in [3.8, 4) is 22.9 Å². The molecule has 0 radical (unpaired) electrons. The van der Waals surface area contributed by atoms with Crippen LogP contribution in [-0.4, -0.2) is 22.5 Å². The zero-order valence-electron chi connectivity index (χ0n) is 18.5. The highest BCUT2D eigenvalue weighted by atomic mass is 19.4. The van der Waals surface area contributed by atoms with Gasteiger partial charge in [-0.05, 0) is 45.9 Å². The smallest absolute Gasteiger partial charge is 0.417 e. The van der Waals surface area contributed by atoms with Gasteiger partial charge in [0.05, 0.1) is 23.4 Å². The maximum atomic E-state index is 14.0. The van der Waals surface area contributed by atoms with E-state index >= 15 is 0 Å². The van der Waals surface area contributed by atoms with Crippen LogP contribution in [0.3, 0.4) is 0 Å². The van der Waals surface area contributed by atoms with E-state index in [0.717, 1.165) is 12.1 Å². The molecule has 0 fully saturated rings. The zero-order chi connectivity index (χ0) is 25.4. The fourth-order valence-electron chi connectivity index (χ4n) is 3.25. The van der Waals surface area contributed by atoms with Crippen molar-refractivity contribution in [1.82, 2.24) is 9.97 Å². The number of halogens is 5. The van der Waals surface area contributed by atoms with Gasteiger partial charge in [0.15, 0.2) is 17.1 Å². The first-order valence-electron chi connectivity index (χ1n) is 9.97. The van der Waals surface area contributed by atoms with Crippen molar-refractivity contribution in [2.45, 2.75) is 33.9 Å². The highest BCUT2D eigenvalue weighted by Gasteiger charge is 2.33. The summed E-state index contributed by atoms with van der Waals surface area (Å²) in [5.41, 5.74) is -2.82. The van der Waals surface area contributed by atoms with Crippen LogP contribution >= 0.6 is 0 Å². The van der Waals surface area contributed by atoms with Gasteiger partial charge in [-0.2, -0.15) is 13.2 Å². The second-order valence-electron chi connectivity index (χ2n) is 7.34. The lowest BCUT2D eigenvalue weighted by atomic mass is 10.0. The lowest BCUT2D eigenvalue weighted by Gasteiger charge is -2.17. The van der Waals surface area contributed by atoms with Crippen molar-refractivity contribution < 1.29 is 36.2 Å². The zero-order valence-corrected chi connectivity index (χ0v) is 18.5. The van der Waals surface area contributed by atoms with Crippen molar-refractivity contribution in [3.63, 3.8) is 0 Å². The van der Waals surface area contributed by atoms with E-state index in [4.69, 9.17) is 9.47 Å². The molecule has 3 aromatic rings. The number of pyridine rings is 2. The molecule has 34 heavy (non-hydrogen) atoms. The Morgan fingerprint density at radius 2 is 1.79 bits per heavy atom. The number of carbonyl (C=O) groups excluding carboxylic acids is 1. The Kier molecular flexibility index (Phi) is 6.76. The summed E-state index contributed by atoms with van der Waals surface area (Å²) in [6, 6.07) is 2.60. The second kappa shape index (κ2) is 9.24. The van der Waals surface area contributed by atoms with Gasteiger partial charge in [-0.15, -0.1) is 0 Å². The third-order valence-electron chi connectivity index (χ3n) is 5.05. The minimum absolute atomic E-state index is 0.0155. The van der Waals surface area contributed by atoms with Gasteiger partial charge in [-0.1, -0.05) is 0 Å². The SMILES string of the molecule is CCOC(=O)c1c(C)[nH]c(-c2cc(C(F)(F)F)cnc2Oc2ccc(F)c(F)c2C)c(C)c1=O. The number of alkyl halides is 3. The van der Waals surface area contributed by atoms with E-state index in [1.807, 2.05) is 0 Å². The Balaban J connectivity index is 2.25. The molecule has 6 nitrogen and oxygen atoms in total. The second-order valence-corrected chi connectivity index (χ2v) is 7.34. The lowest BCUT2D eigenvalue weighted by Crippen LogP contribution is -2.23. The molecule has 2 heterocycles. The largest absolute Gasteiger partial charge is 0.462 e. The fraction of sp³-hybridized carbons (Fsp3) is 0.261. The molecule has 0 aliphatic carbocycles. The van der Waals surface area contributed by atoms with Crippen molar-refractivity contribution >= 4 is 5.97 Å². The number of aromatic nitrogens is 2. The summed E-state index contributed by atoms with van der Waals surface area (Å²) in [5, 5.41) is 0. The molecular formula is C23H19F5N2O4. The van der Waals surface area contributed by atoms with E-state index in [-0.39, 0.29) is 46.0 Å². The molecule has 2 aromatic heterocycles. The molecule has 0 saturated carbocycles. The Bertz CT molecular complexity index is 1330. The highest BCUT2D eigenvalue weighted by Crippen LogP contribution is 2.38. The molecule has 0 aliphatic rings. The topological polar surface area (TPSA) is 81.3 Å². The molecule has 0 saturated heterocycles. The molecule has 180 valence electrons.